The molecule has 0 bridgehead atoms. The Morgan fingerprint density at radius 1 is 1.16 bits per heavy atom. The SMILES string of the molecule is CCCCCCCCC(=O)N(C)C1CCS(=O)(=O)C1. The first-order chi connectivity index (χ1) is 8.96. The molecule has 0 saturated carbocycles. The van der Waals surface area contributed by atoms with Gasteiger partial charge >= 0.3 is 0 Å². The molecular formula is C14H27NO3S. The van der Waals surface area contributed by atoms with Gasteiger partial charge in [-0.25, -0.2) is 8.42 Å². The van der Waals surface area contributed by atoms with Crippen molar-refractivity contribution in [3.8, 4) is 0 Å². The number of amides is 1. The highest BCUT2D eigenvalue weighted by Crippen LogP contribution is 2.18. The molecule has 0 aromatic carbocycles. The van der Waals surface area contributed by atoms with Crippen LogP contribution < -0.4 is 0 Å². The number of carbonyl (C=O) groups excluding carboxylic acids is 1. The average Bonchev–Trinajstić information content (AvgIpc) is 2.73. The first kappa shape index (κ1) is 16.5. The maximum absolute atomic E-state index is 12.0. The molecule has 1 aliphatic rings. The van der Waals surface area contributed by atoms with Crippen LogP contribution in [0.1, 0.15) is 58.3 Å². The van der Waals surface area contributed by atoms with Crippen LogP contribution in [0, 0.1) is 0 Å². The third-order valence-corrected chi connectivity index (χ3v) is 5.64. The van der Waals surface area contributed by atoms with Crippen molar-refractivity contribution >= 4 is 15.7 Å². The Morgan fingerprint density at radius 3 is 2.37 bits per heavy atom. The normalized spacial score (nSPS) is 21.5. The third-order valence-electron chi connectivity index (χ3n) is 3.89. The number of carbonyl (C=O) groups is 1. The fourth-order valence-electron chi connectivity index (χ4n) is 2.52. The van der Waals surface area contributed by atoms with Crippen molar-refractivity contribution in [2.75, 3.05) is 18.6 Å². The monoisotopic (exact) mass is 289 g/mol. The van der Waals surface area contributed by atoms with Crippen molar-refractivity contribution in [2.24, 2.45) is 0 Å². The van der Waals surface area contributed by atoms with Crippen molar-refractivity contribution in [3.05, 3.63) is 0 Å². The van der Waals surface area contributed by atoms with Gasteiger partial charge in [0, 0.05) is 19.5 Å². The molecule has 5 heteroatoms. The van der Waals surface area contributed by atoms with Crippen molar-refractivity contribution in [1.82, 2.24) is 4.90 Å². The first-order valence-electron chi connectivity index (χ1n) is 7.42. The van der Waals surface area contributed by atoms with Crippen molar-refractivity contribution in [2.45, 2.75) is 64.3 Å². The minimum Gasteiger partial charge on any atom is -0.342 e. The smallest absolute Gasteiger partial charge is 0.222 e. The zero-order valence-electron chi connectivity index (χ0n) is 12.2. The summed E-state index contributed by atoms with van der Waals surface area (Å²) in [5.74, 6) is 0.468. The number of hydrogen-bond acceptors (Lipinski definition) is 3. The summed E-state index contributed by atoms with van der Waals surface area (Å²) in [6.07, 6.45) is 8.13. The molecule has 1 amide bonds. The molecule has 0 N–H and O–H groups in total. The maximum atomic E-state index is 12.0. The molecule has 112 valence electrons. The highest BCUT2D eigenvalue weighted by molar-refractivity contribution is 7.91. The Morgan fingerprint density at radius 2 is 1.79 bits per heavy atom. The Balaban J connectivity index is 2.19. The molecule has 1 saturated heterocycles. The second-order valence-corrected chi connectivity index (χ2v) is 7.81. The van der Waals surface area contributed by atoms with Crippen LogP contribution in [0.15, 0.2) is 0 Å². The van der Waals surface area contributed by atoms with E-state index in [1.165, 1.54) is 25.7 Å². The standard InChI is InChI=1S/C14H27NO3S/c1-3-4-5-6-7-8-9-14(16)15(2)13-10-11-19(17,18)12-13/h13H,3-12H2,1-2H3. The number of unbranched alkanes of at least 4 members (excludes halogenated alkanes) is 5. The van der Waals surface area contributed by atoms with E-state index in [4.69, 9.17) is 0 Å². The molecule has 1 aliphatic heterocycles. The van der Waals surface area contributed by atoms with E-state index >= 15 is 0 Å². The summed E-state index contributed by atoms with van der Waals surface area (Å²) in [4.78, 5) is 13.6. The largest absolute Gasteiger partial charge is 0.342 e. The van der Waals surface area contributed by atoms with E-state index in [2.05, 4.69) is 6.92 Å². The highest BCUT2D eigenvalue weighted by Gasteiger charge is 2.32. The van der Waals surface area contributed by atoms with Gasteiger partial charge in [0.25, 0.3) is 0 Å². The molecule has 0 aliphatic carbocycles. The molecule has 4 nitrogen and oxygen atoms in total. The predicted molar refractivity (Wildman–Crippen MR) is 77.8 cm³/mol. The summed E-state index contributed by atoms with van der Waals surface area (Å²) in [6.45, 7) is 2.19. The quantitative estimate of drug-likeness (QED) is 0.645. The lowest BCUT2D eigenvalue weighted by molar-refractivity contribution is -0.131. The fourth-order valence-corrected chi connectivity index (χ4v) is 4.29. The van der Waals surface area contributed by atoms with Crippen molar-refractivity contribution in [1.29, 1.82) is 0 Å². The van der Waals surface area contributed by atoms with Crippen molar-refractivity contribution in [3.63, 3.8) is 0 Å². The van der Waals surface area contributed by atoms with Gasteiger partial charge in [0.05, 0.1) is 11.5 Å². The molecule has 1 rings (SSSR count). The van der Waals surface area contributed by atoms with Crippen LogP contribution in [-0.4, -0.2) is 43.8 Å². The summed E-state index contributed by atoms with van der Waals surface area (Å²) < 4.78 is 22.8. The molecular weight excluding hydrogens is 262 g/mol. The number of sulfone groups is 1. The lowest BCUT2D eigenvalue weighted by Gasteiger charge is -2.23. The molecule has 0 radical (unpaired) electrons. The molecule has 0 aromatic heterocycles. The minimum absolute atomic E-state index is 0.0950. The van der Waals surface area contributed by atoms with Gasteiger partial charge in [-0.1, -0.05) is 39.0 Å². The van der Waals surface area contributed by atoms with Crippen LogP contribution in [0.4, 0.5) is 0 Å². The number of hydrogen-bond donors (Lipinski definition) is 0. The number of nitrogens with zero attached hydrogens (tertiary/aromatic N) is 1. The Hall–Kier alpha value is -0.580. The van der Waals surface area contributed by atoms with Gasteiger partial charge in [-0.05, 0) is 12.8 Å². The van der Waals surface area contributed by atoms with E-state index in [0.717, 1.165) is 12.8 Å². The average molecular weight is 289 g/mol. The maximum Gasteiger partial charge on any atom is 0.222 e. The van der Waals surface area contributed by atoms with E-state index in [1.807, 2.05) is 0 Å². The summed E-state index contributed by atoms with van der Waals surface area (Å²) in [7, 11) is -1.16. The molecule has 1 unspecified atom stereocenters. The van der Waals surface area contributed by atoms with Crippen LogP contribution in [-0.2, 0) is 14.6 Å². The van der Waals surface area contributed by atoms with E-state index < -0.39 is 9.84 Å². The third kappa shape index (κ3) is 5.93. The first-order valence-corrected chi connectivity index (χ1v) is 9.24. The minimum atomic E-state index is -2.90. The van der Waals surface area contributed by atoms with Crippen LogP contribution in [0.3, 0.4) is 0 Å². The van der Waals surface area contributed by atoms with Gasteiger partial charge in [0.15, 0.2) is 9.84 Å². The lowest BCUT2D eigenvalue weighted by atomic mass is 10.1. The molecule has 19 heavy (non-hydrogen) atoms. The molecule has 0 spiro atoms. The molecule has 1 fully saturated rings. The van der Waals surface area contributed by atoms with E-state index in [1.54, 1.807) is 11.9 Å². The van der Waals surface area contributed by atoms with Crippen molar-refractivity contribution < 1.29 is 13.2 Å². The molecule has 1 atom stereocenters. The van der Waals surface area contributed by atoms with Crippen LogP contribution >= 0.6 is 0 Å². The summed E-state index contributed by atoms with van der Waals surface area (Å²) in [5.41, 5.74) is 0. The summed E-state index contributed by atoms with van der Waals surface area (Å²) in [6, 6.07) is -0.0995. The summed E-state index contributed by atoms with van der Waals surface area (Å²) in [5, 5.41) is 0. The fraction of sp³-hybridized carbons (Fsp3) is 0.929. The van der Waals surface area contributed by atoms with Crippen LogP contribution in [0.2, 0.25) is 0 Å². The van der Waals surface area contributed by atoms with Gasteiger partial charge in [-0.2, -0.15) is 0 Å². The zero-order chi connectivity index (χ0) is 14.3. The topological polar surface area (TPSA) is 54.5 Å². The zero-order valence-corrected chi connectivity index (χ0v) is 13.0. The second-order valence-electron chi connectivity index (χ2n) is 5.58. The van der Waals surface area contributed by atoms with E-state index in [-0.39, 0.29) is 23.5 Å². The van der Waals surface area contributed by atoms with Crippen LogP contribution in [0.5, 0.6) is 0 Å². The second kappa shape index (κ2) is 7.88. The van der Waals surface area contributed by atoms with Gasteiger partial charge in [0.2, 0.25) is 5.91 Å². The Kier molecular flexibility index (Phi) is 6.83. The Labute approximate surface area is 117 Å². The number of rotatable bonds is 8. The van der Waals surface area contributed by atoms with Gasteiger partial charge in [-0.3, -0.25) is 4.79 Å². The summed E-state index contributed by atoms with van der Waals surface area (Å²) >= 11 is 0. The highest BCUT2D eigenvalue weighted by atomic mass is 32.2. The van der Waals surface area contributed by atoms with Gasteiger partial charge in [-0.15, -0.1) is 0 Å². The molecule has 0 aromatic rings. The lowest BCUT2D eigenvalue weighted by Crippen LogP contribution is -2.37. The predicted octanol–water partition coefficient (Wildman–Crippen LogP) is 2.38. The molecule has 1 heterocycles. The van der Waals surface area contributed by atoms with Crippen LogP contribution in [0.25, 0.3) is 0 Å². The van der Waals surface area contributed by atoms with E-state index in [0.29, 0.717) is 12.8 Å². The Bertz CT molecular complexity index is 378. The van der Waals surface area contributed by atoms with Gasteiger partial charge in [0.1, 0.15) is 0 Å². The van der Waals surface area contributed by atoms with Gasteiger partial charge < -0.3 is 4.90 Å². The van der Waals surface area contributed by atoms with E-state index in [9.17, 15) is 13.2 Å².